The molecule has 0 radical (unpaired) electrons. The van der Waals surface area contributed by atoms with Crippen molar-refractivity contribution in [3.8, 4) is 0 Å². The van der Waals surface area contributed by atoms with Gasteiger partial charge in [-0.2, -0.15) is 0 Å². The Kier molecular flexibility index (Phi) is 6.08. The number of carbonyl (C=O) groups is 2. The number of carboxylic acid groups (broad SMARTS) is 1. The molecular weight excluding hydrogens is 248 g/mol. The first kappa shape index (κ1) is 15.8. The lowest BCUT2D eigenvalue weighted by molar-refractivity contribution is -0.137. The van der Waals surface area contributed by atoms with Crippen molar-refractivity contribution in [2.45, 2.75) is 45.3 Å². The highest BCUT2D eigenvalue weighted by Gasteiger charge is 2.24. The van der Waals surface area contributed by atoms with Crippen LogP contribution < -0.4 is 5.32 Å². The Hall–Kier alpha value is -1.30. The highest BCUT2D eigenvalue weighted by Crippen LogP contribution is 2.13. The number of nitrogens with one attached hydrogen (secondary N) is 1. The molecule has 110 valence electrons. The summed E-state index contributed by atoms with van der Waals surface area (Å²) in [4.78, 5) is 24.3. The lowest BCUT2D eigenvalue weighted by Gasteiger charge is -2.26. The van der Waals surface area contributed by atoms with E-state index in [1.165, 1.54) is 0 Å². The summed E-state index contributed by atoms with van der Waals surface area (Å²) in [7, 11) is 1.70. The average molecular weight is 272 g/mol. The summed E-state index contributed by atoms with van der Waals surface area (Å²) < 4.78 is 5.47. The number of rotatable bonds is 6. The Labute approximate surface area is 114 Å². The fraction of sp³-hybridized carbons (Fsp3) is 0.846. The van der Waals surface area contributed by atoms with Crippen molar-refractivity contribution in [2.24, 2.45) is 5.92 Å². The SMILES string of the molecule is CC(C)C(CC(=O)O)NC(=O)N(C)CC1CCCO1. The molecule has 0 aromatic rings. The third-order valence-corrected chi connectivity index (χ3v) is 3.36. The number of carbonyl (C=O) groups excluding carboxylic acids is 1. The fourth-order valence-electron chi connectivity index (χ4n) is 2.09. The van der Waals surface area contributed by atoms with E-state index in [-0.39, 0.29) is 30.5 Å². The summed E-state index contributed by atoms with van der Waals surface area (Å²) in [6.07, 6.45) is 2.05. The second-order valence-corrected chi connectivity index (χ2v) is 5.41. The van der Waals surface area contributed by atoms with Crippen molar-refractivity contribution >= 4 is 12.0 Å². The molecule has 19 heavy (non-hydrogen) atoms. The van der Waals surface area contributed by atoms with Crippen molar-refractivity contribution in [1.82, 2.24) is 10.2 Å². The number of likely N-dealkylation sites (N-methyl/N-ethyl adjacent to an activating group) is 1. The van der Waals surface area contributed by atoms with Crippen molar-refractivity contribution in [1.29, 1.82) is 0 Å². The average Bonchev–Trinajstić information content (AvgIpc) is 2.79. The monoisotopic (exact) mass is 272 g/mol. The van der Waals surface area contributed by atoms with Gasteiger partial charge in [0, 0.05) is 26.2 Å². The van der Waals surface area contributed by atoms with Crippen molar-refractivity contribution in [3.05, 3.63) is 0 Å². The summed E-state index contributed by atoms with van der Waals surface area (Å²) in [5.74, 6) is -0.822. The maximum Gasteiger partial charge on any atom is 0.317 e. The van der Waals surface area contributed by atoms with Gasteiger partial charge in [0.25, 0.3) is 0 Å². The van der Waals surface area contributed by atoms with Crippen LogP contribution in [0.2, 0.25) is 0 Å². The van der Waals surface area contributed by atoms with Crippen LogP contribution >= 0.6 is 0 Å². The predicted molar refractivity (Wildman–Crippen MR) is 71.0 cm³/mol. The standard InChI is InChI=1S/C13H24N2O4/c1-9(2)11(7-12(16)17)14-13(18)15(3)8-10-5-4-6-19-10/h9-11H,4-8H2,1-3H3,(H,14,18)(H,16,17). The lowest BCUT2D eigenvalue weighted by Crippen LogP contribution is -2.47. The summed E-state index contributed by atoms with van der Waals surface area (Å²) in [6.45, 7) is 5.10. The van der Waals surface area contributed by atoms with Crippen LogP contribution in [0.15, 0.2) is 0 Å². The van der Waals surface area contributed by atoms with E-state index < -0.39 is 5.97 Å². The van der Waals surface area contributed by atoms with Gasteiger partial charge in [-0.3, -0.25) is 4.79 Å². The van der Waals surface area contributed by atoms with Crippen LogP contribution in [0.4, 0.5) is 4.79 Å². The molecule has 1 saturated heterocycles. The van der Waals surface area contributed by atoms with Gasteiger partial charge in [0.05, 0.1) is 12.5 Å². The highest BCUT2D eigenvalue weighted by atomic mass is 16.5. The zero-order valence-electron chi connectivity index (χ0n) is 11.9. The molecule has 2 atom stereocenters. The first-order valence-corrected chi connectivity index (χ1v) is 6.75. The van der Waals surface area contributed by atoms with Gasteiger partial charge in [-0.05, 0) is 18.8 Å². The summed E-state index contributed by atoms with van der Waals surface area (Å²) >= 11 is 0. The number of amides is 2. The molecule has 0 aliphatic carbocycles. The fourth-order valence-corrected chi connectivity index (χ4v) is 2.09. The maximum atomic E-state index is 12.0. The van der Waals surface area contributed by atoms with Crippen molar-refractivity contribution in [2.75, 3.05) is 20.2 Å². The summed E-state index contributed by atoms with van der Waals surface area (Å²) in [6, 6.07) is -0.590. The molecule has 0 aromatic heterocycles. The second-order valence-electron chi connectivity index (χ2n) is 5.41. The Bertz CT molecular complexity index is 314. The van der Waals surface area contributed by atoms with Gasteiger partial charge in [-0.15, -0.1) is 0 Å². The number of hydrogen-bond donors (Lipinski definition) is 2. The smallest absolute Gasteiger partial charge is 0.317 e. The number of carboxylic acids is 1. The molecule has 1 aliphatic rings. The third-order valence-electron chi connectivity index (χ3n) is 3.36. The molecule has 6 nitrogen and oxygen atoms in total. The van der Waals surface area contributed by atoms with Crippen LogP contribution in [0.1, 0.15) is 33.1 Å². The molecule has 6 heteroatoms. The number of nitrogens with zero attached hydrogens (tertiary/aromatic N) is 1. The molecule has 0 bridgehead atoms. The van der Waals surface area contributed by atoms with E-state index in [2.05, 4.69) is 5.32 Å². The second kappa shape index (κ2) is 7.33. The van der Waals surface area contributed by atoms with E-state index in [9.17, 15) is 9.59 Å². The van der Waals surface area contributed by atoms with E-state index in [1.54, 1.807) is 11.9 Å². The van der Waals surface area contributed by atoms with E-state index in [0.29, 0.717) is 6.54 Å². The Morgan fingerprint density at radius 1 is 1.47 bits per heavy atom. The van der Waals surface area contributed by atoms with Crippen LogP contribution in [-0.2, 0) is 9.53 Å². The van der Waals surface area contributed by atoms with Crippen LogP contribution in [-0.4, -0.2) is 54.4 Å². The number of hydrogen-bond acceptors (Lipinski definition) is 3. The zero-order valence-corrected chi connectivity index (χ0v) is 11.9. The Morgan fingerprint density at radius 3 is 2.63 bits per heavy atom. The van der Waals surface area contributed by atoms with E-state index >= 15 is 0 Å². The van der Waals surface area contributed by atoms with Crippen molar-refractivity contribution in [3.63, 3.8) is 0 Å². The predicted octanol–water partition coefficient (Wildman–Crippen LogP) is 1.31. The molecule has 1 aliphatic heterocycles. The summed E-state index contributed by atoms with van der Waals surface area (Å²) in [5.41, 5.74) is 0. The molecule has 0 spiro atoms. The van der Waals surface area contributed by atoms with Crippen LogP contribution in [0.25, 0.3) is 0 Å². The molecule has 0 saturated carbocycles. The van der Waals surface area contributed by atoms with Crippen LogP contribution in [0.3, 0.4) is 0 Å². The summed E-state index contributed by atoms with van der Waals surface area (Å²) in [5, 5.41) is 11.6. The molecule has 2 amide bonds. The van der Waals surface area contributed by atoms with E-state index in [0.717, 1.165) is 19.4 Å². The molecular formula is C13H24N2O4. The van der Waals surface area contributed by atoms with E-state index in [1.807, 2.05) is 13.8 Å². The lowest BCUT2D eigenvalue weighted by atomic mass is 10.0. The number of aliphatic carboxylic acids is 1. The minimum absolute atomic E-state index is 0.0584. The molecule has 0 aromatic carbocycles. The molecule has 2 unspecified atom stereocenters. The van der Waals surface area contributed by atoms with Gasteiger partial charge in [0.2, 0.25) is 0 Å². The highest BCUT2D eigenvalue weighted by molar-refractivity contribution is 5.75. The molecule has 1 heterocycles. The quantitative estimate of drug-likeness (QED) is 0.764. The topological polar surface area (TPSA) is 78.9 Å². The molecule has 1 rings (SSSR count). The van der Waals surface area contributed by atoms with Gasteiger partial charge in [0.1, 0.15) is 0 Å². The molecule has 1 fully saturated rings. The number of urea groups is 1. The third kappa shape index (κ3) is 5.46. The van der Waals surface area contributed by atoms with Gasteiger partial charge >= 0.3 is 12.0 Å². The maximum absolute atomic E-state index is 12.0. The minimum atomic E-state index is -0.902. The van der Waals surface area contributed by atoms with E-state index in [4.69, 9.17) is 9.84 Å². The van der Waals surface area contributed by atoms with Gasteiger partial charge in [-0.25, -0.2) is 4.79 Å². The Balaban J connectivity index is 2.43. The normalized spacial score (nSPS) is 20.3. The van der Waals surface area contributed by atoms with Crippen molar-refractivity contribution < 1.29 is 19.4 Å². The first-order valence-electron chi connectivity index (χ1n) is 6.75. The minimum Gasteiger partial charge on any atom is -0.481 e. The van der Waals surface area contributed by atoms with Gasteiger partial charge in [-0.1, -0.05) is 13.8 Å². The zero-order chi connectivity index (χ0) is 14.4. The van der Waals surface area contributed by atoms with Crippen LogP contribution in [0.5, 0.6) is 0 Å². The van der Waals surface area contributed by atoms with Gasteiger partial charge < -0.3 is 20.1 Å². The Morgan fingerprint density at radius 2 is 2.16 bits per heavy atom. The molecule has 2 N–H and O–H groups in total. The van der Waals surface area contributed by atoms with Crippen LogP contribution in [0, 0.1) is 5.92 Å². The number of ether oxygens (including phenoxy) is 1. The largest absolute Gasteiger partial charge is 0.481 e. The van der Waals surface area contributed by atoms with Gasteiger partial charge in [0.15, 0.2) is 0 Å². The first-order chi connectivity index (χ1) is 8.90.